The van der Waals surface area contributed by atoms with Crippen molar-refractivity contribution in [1.29, 1.82) is 0 Å². The lowest BCUT2D eigenvalue weighted by molar-refractivity contribution is -0.147. The zero-order valence-electron chi connectivity index (χ0n) is 23.7. The number of nitrogens with one attached hydrogen (secondary N) is 1. The van der Waals surface area contributed by atoms with Crippen molar-refractivity contribution < 1.29 is 23.4 Å². The lowest BCUT2D eigenvalue weighted by Crippen LogP contribution is -2.40. The summed E-state index contributed by atoms with van der Waals surface area (Å²) >= 11 is 0. The predicted molar refractivity (Wildman–Crippen MR) is 160 cm³/mol. The van der Waals surface area contributed by atoms with Crippen molar-refractivity contribution in [1.82, 2.24) is 5.32 Å². The number of fused-ring (bicyclic) bond motifs is 1. The Labute approximate surface area is 241 Å². The highest BCUT2D eigenvalue weighted by Gasteiger charge is 2.28. The van der Waals surface area contributed by atoms with Crippen molar-refractivity contribution in [3.63, 3.8) is 0 Å². The molecule has 5 rings (SSSR count). The summed E-state index contributed by atoms with van der Waals surface area (Å²) in [5, 5.41) is 5.94. The van der Waals surface area contributed by atoms with Gasteiger partial charge in [0.15, 0.2) is 0 Å². The van der Waals surface area contributed by atoms with Crippen molar-refractivity contribution in [2.45, 2.75) is 44.8 Å². The highest BCUT2D eigenvalue weighted by molar-refractivity contribution is 5.83. The van der Waals surface area contributed by atoms with Gasteiger partial charge in [0.05, 0.1) is 18.6 Å². The Hall–Kier alpha value is -3.74. The molecule has 214 valence electrons. The Balaban J connectivity index is 1.11. The van der Waals surface area contributed by atoms with Crippen LogP contribution >= 0.6 is 0 Å². The first kappa shape index (κ1) is 28.8. The lowest BCUT2D eigenvalue weighted by atomic mass is 9.87. The van der Waals surface area contributed by atoms with Gasteiger partial charge in [-0.2, -0.15) is 0 Å². The fourth-order valence-corrected chi connectivity index (χ4v) is 5.58. The van der Waals surface area contributed by atoms with E-state index in [4.69, 9.17) is 14.2 Å². The standard InChI is InChI=1S/C35H38FNO4/c1-24(2)34(28-9-13-30(36)14-10-28)35(38)40-20-19-39-31-15-11-27(12-16-31)32-17-18-37-22-33(32)41-23-25-7-8-26-5-3-4-6-29(26)21-25/h3-16,21,24,32-34,37H,17-20,22-23H2,1-2H3. The molecular weight excluding hydrogens is 517 g/mol. The average molecular weight is 556 g/mol. The van der Waals surface area contributed by atoms with Crippen LogP contribution in [0.1, 0.15) is 48.8 Å². The molecule has 4 aromatic rings. The summed E-state index contributed by atoms with van der Waals surface area (Å²) in [7, 11) is 0. The SMILES string of the molecule is CC(C)C(C(=O)OCCOc1ccc(C2CCNCC2OCc2ccc3ccccc3c2)cc1)c1ccc(F)cc1. The zero-order chi connectivity index (χ0) is 28.6. The Morgan fingerprint density at radius 2 is 1.68 bits per heavy atom. The number of ether oxygens (including phenoxy) is 3. The summed E-state index contributed by atoms with van der Waals surface area (Å²) in [4.78, 5) is 12.7. The number of piperidine rings is 1. The van der Waals surface area contributed by atoms with Gasteiger partial charge in [-0.3, -0.25) is 4.79 Å². The van der Waals surface area contributed by atoms with Gasteiger partial charge in [-0.05, 0) is 76.7 Å². The van der Waals surface area contributed by atoms with Crippen molar-refractivity contribution in [2.24, 2.45) is 5.92 Å². The Bertz CT molecular complexity index is 1420. The molecule has 41 heavy (non-hydrogen) atoms. The van der Waals surface area contributed by atoms with E-state index in [0.29, 0.717) is 12.5 Å². The van der Waals surface area contributed by atoms with E-state index in [-0.39, 0.29) is 37.0 Å². The molecule has 0 saturated carbocycles. The van der Waals surface area contributed by atoms with Crippen molar-refractivity contribution >= 4 is 16.7 Å². The van der Waals surface area contributed by atoms with Crippen LogP contribution in [0.25, 0.3) is 10.8 Å². The van der Waals surface area contributed by atoms with E-state index >= 15 is 0 Å². The van der Waals surface area contributed by atoms with E-state index in [1.54, 1.807) is 12.1 Å². The predicted octanol–water partition coefficient (Wildman–Crippen LogP) is 7.00. The second kappa shape index (κ2) is 13.7. The zero-order valence-corrected chi connectivity index (χ0v) is 23.7. The van der Waals surface area contributed by atoms with Crippen LogP contribution in [0.15, 0.2) is 91.0 Å². The summed E-state index contributed by atoms with van der Waals surface area (Å²) in [6.45, 7) is 6.65. The third-order valence-electron chi connectivity index (χ3n) is 7.76. The lowest BCUT2D eigenvalue weighted by Gasteiger charge is -2.32. The van der Waals surface area contributed by atoms with Crippen LogP contribution < -0.4 is 10.1 Å². The van der Waals surface area contributed by atoms with E-state index in [1.807, 2.05) is 26.0 Å². The summed E-state index contributed by atoms with van der Waals surface area (Å²) in [6.07, 6.45) is 1.08. The normalized spacial score (nSPS) is 17.9. The monoisotopic (exact) mass is 555 g/mol. The van der Waals surface area contributed by atoms with E-state index < -0.39 is 5.92 Å². The Kier molecular flexibility index (Phi) is 9.65. The van der Waals surface area contributed by atoms with E-state index in [2.05, 4.69) is 59.9 Å². The molecule has 1 saturated heterocycles. The molecule has 0 bridgehead atoms. The Morgan fingerprint density at radius 3 is 2.44 bits per heavy atom. The van der Waals surface area contributed by atoms with Gasteiger partial charge in [0, 0.05) is 12.5 Å². The molecule has 1 heterocycles. The van der Waals surface area contributed by atoms with Gasteiger partial charge >= 0.3 is 5.97 Å². The van der Waals surface area contributed by atoms with Crippen LogP contribution in [0, 0.1) is 11.7 Å². The van der Waals surface area contributed by atoms with Gasteiger partial charge in [0.25, 0.3) is 0 Å². The number of hydrogen-bond donors (Lipinski definition) is 1. The first-order valence-electron chi connectivity index (χ1n) is 14.4. The molecule has 1 aliphatic heterocycles. The molecule has 1 N–H and O–H groups in total. The number of benzene rings is 4. The highest BCUT2D eigenvalue weighted by atomic mass is 19.1. The van der Waals surface area contributed by atoms with Crippen LogP contribution in [0.2, 0.25) is 0 Å². The number of carbonyl (C=O) groups is 1. The minimum atomic E-state index is -0.448. The summed E-state index contributed by atoms with van der Waals surface area (Å²) in [6, 6.07) is 29.0. The molecule has 5 nitrogen and oxygen atoms in total. The third kappa shape index (κ3) is 7.51. The van der Waals surface area contributed by atoms with Gasteiger partial charge in [0.2, 0.25) is 0 Å². The number of hydrogen-bond acceptors (Lipinski definition) is 5. The highest BCUT2D eigenvalue weighted by Crippen LogP contribution is 2.30. The molecule has 0 aliphatic carbocycles. The van der Waals surface area contributed by atoms with Gasteiger partial charge in [0.1, 0.15) is 24.8 Å². The van der Waals surface area contributed by atoms with Gasteiger partial charge in [-0.25, -0.2) is 4.39 Å². The largest absolute Gasteiger partial charge is 0.490 e. The van der Waals surface area contributed by atoms with Gasteiger partial charge in [-0.15, -0.1) is 0 Å². The summed E-state index contributed by atoms with van der Waals surface area (Å²) < 4.78 is 31.1. The molecule has 0 radical (unpaired) electrons. The molecule has 1 fully saturated rings. The van der Waals surface area contributed by atoms with E-state index in [0.717, 1.165) is 30.8 Å². The first-order chi connectivity index (χ1) is 20.0. The fourth-order valence-electron chi connectivity index (χ4n) is 5.58. The van der Waals surface area contributed by atoms with Crippen LogP contribution in [0.4, 0.5) is 4.39 Å². The van der Waals surface area contributed by atoms with Crippen molar-refractivity contribution in [3.8, 4) is 5.75 Å². The molecule has 1 aliphatic rings. The molecular formula is C35H38FNO4. The van der Waals surface area contributed by atoms with Crippen molar-refractivity contribution in [3.05, 3.63) is 114 Å². The quantitative estimate of drug-likeness (QED) is 0.160. The number of rotatable bonds is 11. The maximum atomic E-state index is 13.3. The van der Waals surface area contributed by atoms with E-state index in [1.165, 1.54) is 34.0 Å². The Morgan fingerprint density at radius 1 is 0.927 bits per heavy atom. The summed E-state index contributed by atoms with van der Waals surface area (Å²) in [5.74, 6) is -0.0510. The van der Waals surface area contributed by atoms with Crippen LogP contribution in [0.5, 0.6) is 5.75 Å². The average Bonchev–Trinajstić information content (AvgIpc) is 2.99. The van der Waals surface area contributed by atoms with Gasteiger partial charge in [-0.1, -0.05) is 74.5 Å². The molecule has 3 unspecified atom stereocenters. The molecule has 4 aromatic carbocycles. The minimum absolute atomic E-state index is 0.0248. The van der Waals surface area contributed by atoms with Crippen molar-refractivity contribution in [2.75, 3.05) is 26.3 Å². The molecule has 0 amide bonds. The number of esters is 1. The third-order valence-corrected chi connectivity index (χ3v) is 7.76. The molecule has 0 aromatic heterocycles. The minimum Gasteiger partial charge on any atom is -0.490 e. The van der Waals surface area contributed by atoms with Crippen LogP contribution in [-0.4, -0.2) is 38.4 Å². The van der Waals surface area contributed by atoms with Crippen LogP contribution in [-0.2, 0) is 20.9 Å². The van der Waals surface area contributed by atoms with E-state index in [9.17, 15) is 9.18 Å². The second-order valence-corrected chi connectivity index (χ2v) is 11.0. The van der Waals surface area contributed by atoms with Gasteiger partial charge < -0.3 is 19.5 Å². The maximum Gasteiger partial charge on any atom is 0.313 e. The topological polar surface area (TPSA) is 56.8 Å². The molecule has 6 heteroatoms. The number of carbonyl (C=O) groups excluding carboxylic acids is 1. The second-order valence-electron chi connectivity index (χ2n) is 11.0. The fraction of sp³-hybridized carbons (Fsp3) is 0.343. The molecule has 0 spiro atoms. The smallest absolute Gasteiger partial charge is 0.313 e. The number of halogens is 1. The maximum absolute atomic E-state index is 13.3. The first-order valence-corrected chi connectivity index (χ1v) is 14.4. The van der Waals surface area contributed by atoms with Crippen LogP contribution in [0.3, 0.4) is 0 Å². The molecule has 3 atom stereocenters. The summed E-state index contributed by atoms with van der Waals surface area (Å²) in [5.41, 5.74) is 3.16.